The van der Waals surface area contributed by atoms with E-state index in [0.717, 1.165) is 0 Å². The molecule has 0 aliphatic rings. The van der Waals surface area contributed by atoms with E-state index >= 15 is 0 Å². The Morgan fingerprint density at radius 3 is 2.33 bits per heavy atom. The smallest absolute Gasteiger partial charge is 0.310 e. The lowest BCUT2D eigenvalue weighted by atomic mass is 9.99. The van der Waals surface area contributed by atoms with Gasteiger partial charge in [0.2, 0.25) is 0 Å². The van der Waals surface area contributed by atoms with E-state index in [4.69, 9.17) is 4.74 Å². The molecule has 0 radical (unpaired) electrons. The fourth-order valence-corrected chi connectivity index (χ4v) is 1.89. The molecule has 0 aliphatic heterocycles. The third-order valence-electron chi connectivity index (χ3n) is 3.03. The van der Waals surface area contributed by atoms with Gasteiger partial charge in [0.1, 0.15) is 11.9 Å². The quantitative estimate of drug-likeness (QED) is 0.521. The zero-order chi connectivity index (χ0) is 15.2. The summed E-state index contributed by atoms with van der Waals surface area (Å²) in [5.41, 5.74) is 0.690. The highest BCUT2D eigenvalue weighted by molar-refractivity contribution is 6.02. The van der Waals surface area contributed by atoms with Gasteiger partial charge in [-0.3, -0.25) is 9.59 Å². The largest absolute Gasteiger partial charge is 0.426 e. The minimum absolute atomic E-state index is 0.171. The fraction of sp³-hybridized carbons (Fsp3) is 0.176. The molecule has 2 rings (SSSR count). The fourth-order valence-electron chi connectivity index (χ4n) is 1.89. The van der Waals surface area contributed by atoms with Crippen molar-refractivity contribution in [3.8, 4) is 5.75 Å². The van der Waals surface area contributed by atoms with E-state index in [1.54, 1.807) is 55.5 Å². The monoisotopic (exact) mass is 284 g/mol. The normalized spacial score (nSPS) is 11.7. The molecule has 2 aromatic rings. The molecule has 1 N–H and O–H groups in total. The lowest BCUT2D eigenvalue weighted by Gasteiger charge is -2.13. The summed E-state index contributed by atoms with van der Waals surface area (Å²) >= 11 is 0. The van der Waals surface area contributed by atoms with Crippen LogP contribution in [0.3, 0.4) is 0 Å². The number of carbonyl (C=O) groups is 2. The SMILES string of the molecule is CCC(=O)Oc1ccccc1C(=O)C(O)c1ccccc1. The van der Waals surface area contributed by atoms with E-state index in [9.17, 15) is 14.7 Å². The van der Waals surface area contributed by atoms with Gasteiger partial charge in [-0.1, -0.05) is 49.4 Å². The van der Waals surface area contributed by atoms with E-state index in [1.807, 2.05) is 0 Å². The Bertz CT molecular complexity index is 634. The lowest BCUT2D eigenvalue weighted by molar-refractivity contribution is -0.134. The van der Waals surface area contributed by atoms with Gasteiger partial charge in [0.15, 0.2) is 5.78 Å². The van der Waals surface area contributed by atoms with Crippen LogP contribution in [-0.4, -0.2) is 16.9 Å². The van der Waals surface area contributed by atoms with Gasteiger partial charge in [0, 0.05) is 6.42 Å². The molecule has 21 heavy (non-hydrogen) atoms. The molecular weight excluding hydrogens is 268 g/mol. The Morgan fingerprint density at radius 1 is 1.05 bits per heavy atom. The van der Waals surface area contributed by atoms with Gasteiger partial charge in [-0.25, -0.2) is 0 Å². The number of esters is 1. The van der Waals surface area contributed by atoms with Crippen LogP contribution in [0.4, 0.5) is 0 Å². The first-order valence-electron chi connectivity index (χ1n) is 6.70. The average Bonchev–Trinajstić information content (AvgIpc) is 2.54. The first-order valence-corrected chi connectivity index (χ1v) is 6.70. The number of rotatable bonds is 5. The van der Waals surface area contributed by atoms with Gasteiger partial charge in [-0.2, -0.15) is 0 Å². The Hall–Kier alpha value is -2.46. The molecule has 4 heteroatoms. The van der Waals surface area contributed by atoms with E-state index in [2.05, 4.69) is 0 Å². The van der Waals surface area contributed by atoms with Crippen molar-refractivity contribution >= 4 is 11.8 Å². The molecule has 0 spiro atoms. The second-order valence-electron chi connectivity index (χ2n) is 4.50. The summed E-state index contributed by atoms with van der Waals surface area (Å²) in [5.74, 6) is -0.755. The number of hydrogen-bond acceptors (Lipinski definition) is 4. The summed E-state index contributed by atoms with van der Waals surface area (Å²) in [5, 5.41) is 10.2. The molecule has 1 unspecified atom stereocenters. The van der Waals surface area contributed by atoms with Crippen molar-refractivity contribution in [3.63, 3.8) is 0 Å². The van der Waals surface area contributed by atoms with Crippen LogP contribution in [0.25, 0.3) is 0 Å². The molecule has 0 saturated heterocycles. The van der Waals surface area contributed by atoms with E-state index < -0.39 is 17.9 Å². The number of hydrogen-bond donors (Lipinski definition) is 1. The van der Waals surface area contributed by atoms with E-state index in [1.165, 1.54) is 6.07 Å². The number of ether oxygens (including phenoxy) is 1. The molecule has 108 valence electrons. The first-order chi connectivity index (χ1) is 10.1. The van der Waals surface area contributed by atoms with Crippen molar-refractivity contribution in [1.29, 1.82) is 0 Å². The Balaban J connectivity index is 2.29. The summed E-state index contributed by atoms with van der Waals surface area (Å²) in [6.45, 7) is 1.67. The van der Waals surface area contributed by atoms with Gasteiger partial charge in [0.05, 0.1) is 5.56 Å². The zero-order valence-corrected chi connectivity index (χ0v) is 11.7. The Kier molecular flexibility index (Phi) is 4.85. The number of ketones is 1. The molecule has 0 heterocycles. The standard InChI is InChI=1S/C17H16O4/c1-2-15(18)21-14-11-7-6-10-13(14)17(20)16(19)12-8-4-3-5-9-12/h3-11,16,19H,2H2,1H3. The van der Waals surface area contributed by atoms with Gasteiger partial charge >= 0.3 is 5.97 Å². The molecular formula is C17H16O4. The van der Waals surface area contributed by atoms with Crippen molar-refractivity contribution in [2.24, 2.45) is 0 Å². The topological polar surface area (TPSA) is 63.6 Å². The van der Waals surface area contributed by atoms with E-state index in [-0.39, 0.29) is 17.7 Å². The van der Waals surface area contributed by atoms with Crippen LogP contribution < -0.4 is 4.74 Å². The molecule has 0 aromatic heterocycles. The summed E-state index contributed by atoms with van der Waals surface area (Å²) < 4.78 is 5.13. The molecule has 0 bridgehead atoms. The van der Waals surface area contributed by atoms with Gasteiger partial charge < -0.3 is 9.84 Å². The van der Waals surface area contributed by atoms with Crippen LogP contribution >= 0.6 is 0 Å². The lowest BCUT2D eigenvalue weighted by Crippen LogP contribution is -2.15. The Labute approximate surface area is 123 Å². The van der Waals surface area contributed by atoms with Crippen molar-refractivity contribution in [2.45, 2.75) is 19.4 Å². The summed E-state index contributed by atoms with van der Waals surface area (Å²) in [7, 11) is 0. The predicted octanol–water partition coefficient (Wildman–Crippen LogP) is 2.92. The molecule has 2 aromatic carbocycles. The molecule has 4 nitrogen and oxygen atoms in total. The van der Waals surface area contributed by atoms with Crippen molar-refractivity contribution in [3.05, 3.63) is 65.7 Å². The minimum Gasteiger partial charge on any atom is -0.426 e. The van der Waals surface area contributed by atoms with Gasteiger partial charge in [0.25, 0.3) is 0 Å². The Morgan fingerprint density at radius 2 is 1.67 bits per heavy atom. The average molecular weight is 284 g/mol. The molecule has 0 saturated carbocycles. The van der Waals surface area contributed by atoms with Crippen molar-refractivity contribution in [2.75, 3.05) is 0 Å². The third-order valence-corrected chi connectivity index (χ3v) is 3.03. The molecule has 0 aliphatic carbocycles. The van der Waals surface area contributed by atoms with Crippen LogP contribution in [0.1, 0.15) is 35.4 Å². The summed E-state index contributed by atoms with van der Waals surface area (Å²) in [6, 6.07) is 15.0. The second-order valence-corrected chi connectivity index (χ2v) is 4.50. The predicted molar refractivity (Wildman–Crippen MR) is 78.1 cm³/mol. The highest BCUT2D eigenvalue weighted by atomic mass is 16.5. The molecule has 1 atom stereocenters. The highest BCUT2D eigenvalue weighted by Crippen LogP contribution is 2.25. The minimum atomic E-state index is -1.28. The van der Waals surface area contributed by atoms with Crippen LogP contribution in [0.5, 0.6) is 5.75 Å². The van der Waals surface area contributed by atoms with E-state index in [0.29, 0.717) is 5.56 Å². The maximum absolute atomic E-state index is 12.4. The maximum atomic E-state index is 12.4. The van der Waals surface area contributed by atoms with Crippen LogP contribution in [0, 0.1) is 0 Å². The highest BCUT2D eigenvalue weighted by Gasteiger charge is 2.22. The van der Waals surface area contributed by atoms with Gasteiger partial charge in [-0.15, -0.1) is 0 Å². The summed E-state index contributed by atoms with van der Waals surface area (Å²) in [6.07, 6.45) is -1.07. The third kappa shape index (κ3) is 3.55. The number of para-hydroxylation sites is 1. The number of carbonyl (C=O) groups excluding carboxylic acids is 2. The molecule has 0 fully saturated rings. The zero-order valence-electron chi connectivity index (χ0n) is 11.7. The summed E-state index contributed by atoms with van der Waals surface area (Å²) in [4.78, 5) is 23.8. The van der Waals surface area contributed by atoms with Crippen molar-refractivity contribution < 1.29 is 19.4 Å². The van der Waals surface area contributed by atoms with Gasteiger partial charge in [-0.05, 0) is 17.7 Å². The number of aliphatic hydroxyl groups is 1. The second kappa shape index (κ2) is 6.81. The van der Waals surface area contributed by atoms with Crippen LogP contribution in [-0.2, 0) is 4.79 Å². The van der Waals surface area contributed by atoms with Crippen LogP contribution in [0.2, 0.25) is 0 Å². The number of Topliss-reactive ketones (excluding diaryl/α,β-unsaturated/α-hetero) is 1. The van der Waals surface area contributed by atoms with Crippen molar-refractivity contribution in [1.82, 2.24) is 0 Å². The number of benzene rings is 2. The number of aliphatic hydroxyl groups excluding tert-OH is 1. The van der Waals surface area contributed by atoms with Crippen LogP contribution in [0.15, 0.2) is 54.6 Å². The molecule has 0 amide bonds. The first kappa shape index (κ1) is 14.9. The maximum Gasteiger partial charge on any atom is 0.310 e.